The molecule has 3 aromatic heterocycles. The lowest BCUT2D eigenvalue weighted by Gasteiger charge is -2.42. The average molecular weight is 875 g/mol. The Kier molecular flexibility index (Phi) is 7.99. The van der Waals surface area contributed by atoms with Crippen LogP contribution in [-0.4, -0.2) is 19.1 Å². The monoisotopic (exact) mass is 874 g/mol. The van der Waals surface area contributed by atoms with Crippen LogP contribution in [0.2, 0.25) is 0 Å². The van der Waals surface area contributed by atoms with Crippen molar-refractivity contribution in [1.29, 1.82) is 0 Å². The Morgan fingerprint density at radius 2 is 0.632 bits per heavy atom. The molecule has 68 heavy (non-hydrogen) atoms. The summed E-state index contributed by atoms with van der Waals surface area (Å²) < 4.78 is 4.76. The Hall–Kier alpha value is -8.48. The van der Waals surface area contributed by atoms with E-state index in [-0.39, 0.29) is 10.8 Å². The van der Waals surface area contributed by atoms with Crippen LogP contribution in [0.25, 0.3) is 66.0 Å². The zero-order chi connectivity index (χ0) is 45.5. The van der Waals surface area contributed by atoms with Gasteiger partial charge in [-0.2, -0.15) is 0 Å². The van der Waals surface area contributed by atoms with E-state index in [0.29, 0.717) is 0 Å². The first-order chi connectivity index (χ1) is 33.3. The molecule has 2 aliphatic rings. The van der Waals surface area contributed by atoms with Gasteiger partial charge in [0.05, 0.1) is 56.2 Å². The summed E-state index contributed by atoms with van der Waals surface area (Å²) in [5.41, 5.74) is 20.2. The quantitative estimate of drug-likeness (QED) is 0.177. The number of anilines is 6. The van der Waals surface area contributed by atoms with Crippen LogP contribution in [0.5, 0.6) is 0 Å². The van der Waals surface area contributed by atoms with E-state index in [2.05, 4.69) is 241 Å². The lowest BCUT2D eigenvalue weighted by Crippen LogP contribution is -2.30. The summed E-state index contributed by atoms with van der Waals surface area (Å²) in [6.07, 6.45) is 3.64. The van der Waals surface area contributed by atoms with E-state index in [9.17, 15) is 0 Å². The number of benzene rings is 9. The summed E-state index contributed by atoms with van der Waals surface area (Å²) in [7, 11) is 0. The third-order valence-corrected chi connectivity index (χ3v) is 15.2. The molecule has 5 heterocycles. The van der Waals surface area contributed by atoms with Crippen LogP contribution < -0.4 is 9.80 Å². The van der Waals surface area contributed by atoms with Crippen molar-refractivity contribution in [3.63, 3.8) is 0 Å². The summed E-state index contributed by atoms with van der Waals surface area (Å²) in [4.78, 5) is 15.2. The van der Waals surface area contributed by atoms with Crippen molar-refractivity contribution < 1.29 is 0 Å². The van der Waals surface area contributed by atoms with Gasteiger partial charge < -0.3 is 18.9 Å². The molecule has 0 unspecified atom stereocenters. The number of hydrogen-bond acceptors (Lipinski definition) is 4. The summed E-state index contributed by atoms with van der Waals surface area (Å²) in [6.45, 7) is 9.35. The molecule has 0 saturated heterocycles. The molecule has 6 nitrogen and oxygen atoms in total. The average Bonchev–Trinajstić information content (AvgIpc) is 3.88. The first-order valence-corrected chi connectivity index (χ1v) is 23.6. The fourth-order valence-corrected chi connectivity index (χ4v) is 12.0. The predicted molar refractivity (Wildman–Crippen MR) is 282 cm³/mol. The molecule has 9 aromatic carbocycles. The smallest absolute Gasteiger partial charge is 0.115 e. The van der Waals surface area contributed by atoms with E-state index in [1.807, 2.05) is 12.4 Å². The molecule has 2 aliphatic heterocycles. The fraction of sp³-hybridized carbons (Fsp3) is 0.0968. The van der Waals surface area contributed by atoms with Gasteiger partial charge in [0, 0.05) is 56.1 Å². The maximum Gasteiger partial charge on any atom is 0.115 e. The number of fused-ring (bicyclic) bond motifs is 11. The standard InChI is InChI=1S/C62H46N6/c1-61(2)45-19-7-13-25-53(45)65(54-26-14-8-20-46(54)61)39-29-31-51-43(37-39)41-17-5-11-23-49(41)67(51)57-33-34-58(60-59(57)63-35-36-64-60)68-50-24-12-6-18-42(50)44-38-40(30-32-52(44)68)66-55-27-15-9-21-47(55)62(3,4)48-22-10-16-28-56(48)66/h5-38H,1-4H3. The molecule has 0 fully saturated rings. The Bertz CT molecular complexity index is 3710. The highest BCUT2D eigenvalue weighted by atomic mass is 15.2. The molecular formula is C62H46N6. The van der Waals surface area contributed by atoms with Crippen LogP contribution in [0.15, 0.2) is 207 Å². The molecule has 0 aliphatic carbocycles. The number of nitrogens with zero attached hydrogens (tertiary/aromatic N) is 6. The van der Waals surface area contributed by atoms with Gasteiger partial charge in [-0.05, 0) is 107 Å². The molecular weight excluding hydrogens is 829 g/mol. The van der Waals surface area contributed by atoms with Crippen molar-refractivity contribution in [2.24, 2.45) is 0 Å². The van der Waals surface area contributed by atoms with Gasteiger partial charge in [-0.1, -0.05) is 137 Å². The van der Waals surface area contributed by atoms with Crippen LogP contribution in [0.3, 0.4) is 0 Å². The normalized spacial score (nSPS) is 14.6. The highest BCUT2D eigenvalue weighted by Gasteiger charge is 2.38. The van der Waals surface area contributed by atoms with Crippen molar-refractivity contribution in [3.05, 3.63) is 229 Å². The Morgan fingerprint density at radius 3 is 1.01 bits per heavy atom. The van der Waals surface area contributed by atoms with Gasteiger partial charge in [0.1, 0.15) is 11.0 Å². The third-order valence-electron chi connectivity index (χ3n) is 15.2. The molecule has 0 spiro atoms. The van der Waals surface area contributed by atoms with Gasteiger partial charge in [-0.25, -0.2) is 0 Å². The molecule has 324 valence electrons. The van der Waals surface area contributed by atoms with Crippen molar-refractivity contribution in [1.82, 2.24) is 19.1 Å². The van der Waals surface area contributed by atoms with E-state index < -0.39 is 0 Å². The zero-order valence-electron chi connectivity index (χ0n) is 38.3. The lowest BCUT2D eigenvalue weighted by molar-refractivity contribution is 0.632. The van der Waals surface area contributed by atoms with E-state index in [1.165, 1.54) is 66.5 Å². The van der Waals surface area contributed by atoms with Crippen molar-refractivity contribution in [2.75, 3.05) is 9.80 Å². The van der Waals surface area contributed by atoms with Crippen molar-refractivity contribution in [2.45, 2.75) is 38.5 Å². The summed E-state index contributed by atoms with van der Waals surface area (Å²) in [5, 5.41) is 4.73. The Balaban J connectivity index is 0.946. The second kappa shape index (κ2) is 14.0. The third kappa shape index (κ3) is 5.23. The number of para-hydroxylation sites is 6. The molecule has 12 aromatic rings. The molecule has 0 radical (unpaired) electrons. The minimum Gasteiger partial charge on any atom is -0.310 e. The van der Waals surface area contributed by atoms with Gasteiger partial charge in [0.2, 0.25) is 0 Å². The lowest BCUT2D eigenvalue weighted by atomic mass is 9.73. The molecule has 0 atom stereocenters. The maximum absolute atomic E-state index is 5.15. The second-order valence-corrected chi connectivity index (χ2v) is 19.5. The van der Waals surface area contributed by atoms with Crippen LogP contribution in [0, 0.1) is 0 Å². The number of aromatic nitrogens is 4. The molecule has 6 heteroatoms. The fourth-order valence-electron chi connectivity index (χ4n) is 12.0. The largest absolute Gasteiger partial charge is 0.310 e. The van der Waals surface area contributed by atoms with Gasteiger partial charge in [-0.3, -0.25) is 9.97 Å². The van der Waals surface area contributed by atoms with Crippen LogP contribution >= 0.6 is 0 Å². The minimum absolute atomic E-state index is 0.134. The number of rotatable bonds is 4. The SMILES string of the molecule is CC1(C)c2ccccc2N(c2ccc3c(c2)c2ccccc2n3-c2ccc(-n3c4ccccc4c4cc(N5c6ccccc6C(C)(C)c6ccccc65)ccc43)c3nccnc23)c2ccccc21. The summed E-state index contributed by atoms with van der Waals surface area (Å²) >= 11 is 0. The van der Waals surface area contributed by atoms with Gasteiger partial charge >= 0.3 is 0 Å². The maximum atomic E-state index is 5.15. The molecule has 0 amide bonds. The summed E-state index contributed by atoms with van der Waals surface area (Å²) in [5.74, 6) is 0. The number of hydrogen-bond donors (Lipinski definition) is 0. The molecule has 0 saturated carbocycles. The highest BCUT2D eigenvalue weighted by Crippen LogP contribution is 2.54. The predicted octanol–water partition coefficient (Wildman–Crippen LogP) is 16.0. The topological polar surface area (TPSA) is 42.1 Å². The first kappa shape index (κ1) is 38.8. The molecule has 14 rings (SSSR count). The molecule has 0 N–H and O–H groups in total. The Labute approximate surface area is 394 Å². The van der Waals surface area contributed by atoms with Crippen LogP contribution in [0.1, 0.15) is 49.9 Å². The van der Waals surface area contributed by atoms with E-state index in [1.54, 1.807) is 0 Å². The van der Waals surface area contributed by atoms with Crippen LogP contribution in [-0.2, 0) is 10.8 Å². The minimum atomic E-state index is -0.134. The zero-order valence-corrected chi connectivity index (χ0v) is 38.3. The van der Waals surface area contributed by atoms with E-state index >= 15 is 0 Å². The second-order valence-electron chi connectivity index (χ2n) is 19.5. The van der Waals surface area contributed by atoms with Gasteiger partial charge in [0.25, 0.3) is 0 Å². The highest BCUT2D eigenvalue weighted by molar-refractivity contribution is 6.14. The van der Waals surface area contributed by atoms with E-state index in [4.69, 9.17) is 9.97 Å². The van der Waals surface area contributed by atoms with E-state index in [0.717, 1.165) is 55.8 Å². The van der Waals surface area contributed by atoms with Gasteiger partial charge in [-0.15, -0.1) is 0 Å². The van der Waals surface area contributed by atoms with Crippen molar-refractivity contribution >= 4 is 88.8 Å². The van der Waals surface area contributed by atoms with Crippen LogP contribution in [0.4, 0.5) is 34.1 Å². The first-order valence-electron chi connectivity index (χ1n) is 23.6. The molecule has 0 bridgehead atoms. The van der Waals surface area contributed by atoms with Crippen molar-refractivity contribution in [3.8, 4) is 11.4 Å². The Morgan fingerprint density at radius 1 is 0.309 bits per heavy atom. The van der Waals surface area contributed by atoms with Gasteiger partial charge in [0.15, 0.2) is 0 Å². The summed E-state index contributed by atoms with van der Waals surface area (Å²) in [6, 6.07) is 71.3.